The number of nitrogens with two attached hydrogens (primary N) is 1. The van der Waals surface area contributed by atoms with Gasteiger partial charge in [-0.3, -0.25) is 15.2 Å². The van der Waals surface area contributed by atoms with Crippen molar-refractivity contribution >= 4 is 12.2 Å². The summed E-state index contributed by atoms with van der Waals surface area (Å²) >= 11 is 0. The van der Waals surface area contributed by atoms with Crippen LogP contribution in [0, 0.1) is 0 Å². The lowest BCUT2D eigenvalue weighted by atomic mass is 10.2. The van der Waals surface area contributed by atoms with Crippen LogP contribution in [-0.2, 0) is 4.79 Å². The van der Waals surface area contributed by atoms with Crippen molar-refractivity contribution in [2.75, 3.05) is 6.54 Å². The van der Waals surface area contributed by atoms with Gasteiger partial charge in [-0.15, -0.1) is 0 Å². The Hall–Kier alpha value is -1.36. The standard InChI is InChI=1S/C5H8N4O/c6-9-5(10)4-1-7-3-8-2-4/h1,3H,2,6H2,(H,7,8)(H,9,10). The van der Waals surface area contributed by atoms with Crippen LogP contribution in [0.2, 0.25) is 0 Å². The minimum absolute atomic E-state index is 0.302. The predicted molar refractivity (Wildman–Crippen MR) is 36.9 cm³/mol. The van der Waals surface area contributed by atoms with E-state index in [9.17, 15) is 4.79 Å². The summed E-state index contributed by atoms with van der Waals surface area (Å²) in [7, 11) is 0. The maximum atomic E-state index is 10.7. The van der Waals surface area contributed by atoms with Crippen LogP contribution in [0.1, 0.15) is 0 Å². The third-order valence-electron chi connectivity index (χ3n) is 1.11. The van der Waals surface area contributed by atoms with Crippen LogP contribution < -0.4 is 16.6 Å². The third kappa shape index (κ3) is 1.32. The van der Waals surface area contributed by atoms with Gasteiger partial charge in [0, 0.05) is 6.20 Å². The third-order valence-corrected chi connectivity index (χ3v) is 1.11. The molecule has 1 amide bonds. The summed E-state index contributed by atoms with van der Waals surface area (Å²) in [6.07, 6.45) is 3.09. The topological polar surface area (TPSA) is 79.5 Å². The molecule has 1 aliphatic rings. The normalized spacial score (nSPS) is 15.5. The van der Waals surface area contributed by atoms with Crippen molar-refractivity contribution < 1.29 is 4.79 Å². The van der Waals surface area contributed by atoms with Gasteiger partial charge < -0.3 is 5.32 Å². The molecular formula is C5H8N4O. The van der Waals surface area contributed by atoms with Crippen molar-refractivity contribution in [3.8, 4) is 0 Å². The highest BCUT2D eigenvalue weighted by Gasteiger charge is 2.07. The van der Waals surface area contributed by atoms with Crippen molar-refractivity contribution in [1.29, 1.82) is 0 Å². The maximum absolute atomic E-state index is 10.7. The average molecular weight is 140 g/mol. The molecule has 4 N–H and O–H groups in total. The van der Waals surface area contributed by atoms with E-state index in [1.54, 1.807) is 6.20 Å². The maximum Gasteiger partial charge on any atom is 0.264 e. The molecule has 0 aromatic rings. The van der Waals surface area contributed by atoms with Crippen LogP contribution in [0.3, 0.4) is 0 Å². The van der Waals surface area contributed by atoms with Gasteiger partial charge in [0.2, 0.25) is 0 Å². The number of nitrogens with zero attached hydrogens (tertiary/aromatic N) is 1. The van der Waals surface area contributed by atoms with Gasteiger partial charge in [0.25, 0.3) is 5.91 Å². The fourth-order valence-electron chi connectivity index (χ4n) is 0.610. The quantitative estimate of drug-likeness (QED) is 0.235. The van der Waals surface area contributed by atoms with E-state index in [1.807, 2.05) is 5.43 Å². The summed E-state index contributed by atoms with van der Waals surface area (Å²) in [5.41, 5.74) is 2.55. The molecule has 54 valence electrons. The molecule has 0 fully saturated rings. The Morgan fingerprint density at radius 3 is 3.20 bits per heavy atom. The van der Waals surface area contributed by atoms with E-state index in [0.717, 1.165) is 0 Å². The summed E-state index contributed by atoms with van der Waals surface area (Å²) in [4.78, 5) is 14.6. The zero-order valence-electron chi connectivity index (χ0n) is 5.29. The molecule has 0 saturated heterocycles. The molecule has 0 spiro atoms. The number of hydrogen-bond acceptors (Lipinski definition) is 4. The van der Waals surface area contributed by atoms with E-state index >= 15 is 0 Å². The molecule has 0 atom stereocenters. The van der Waals surface area contributed by atoms with Crippen LogP contribution >= 0.6 is 0 Å². The molecule has 0 aliphatic carbocycles. The molecule has 1 rings (SSSR count). The number of nitrogens with one attached hydrogen (secondary N) is 2. The lowest BCUT2D eigenvalue weighted by Crippen LogP contribution is -2.33. The molecule has 1 aliphatic heterocycles. The van der Waals surface area contributed by atoms with Crippen molar-refractivity contribution in [3.63, 3.8) is 0 Å². The number of aliphatic imine (C=N–C) groups is 1. The van der Waals surface area contributed by atoms with E-state index in [0.29, 0.717) is 12.1 Å². The first-order valence-corrected chi connectivity index (χ1v) is 2.79. The van der Waals surface area contributed by atoms with E-state index in [2.05, 4.69) is 10.3 Å². The SMILES string of the molecule is NNC(=O)C1=CNC=NC1. The Bertz CT molecular complexity index is 196. The highest BCUT2D eigenvalue weighted by molar-refractivity contribution is 5.94. The Morgan fingerprint density at radius 2 is 2.70 bits per heavy atom. The molecule has 10 heavy (non-hydrogen) atoms. The molecule has 5 heteroatoms. The van der Waals surface area contributed by atoms with Crippen molar-refractivity contribution in [2.45, 2.75) is 0 Å². The first kappa shape index (κ1) is 6.76. The van der Waals surface area contributed by atoms with E-state index in [4.69, 9.17) is 5.84 Å². The van der Waals surface area contributed by atoms with Crippen molar-refractivity contribution in [3.05, 3.63) is 11.8 Å². The molecule has 1 heterocycles. The van der Waals surface area contributed by atoms with Crippen LogP contribution in [-0.4, -0.2) is 18.8 Å². The molecule has 0 radical (unpaired) electrons. The van der Waals surface area contributed by atoms with Crippen LogP contribution in [0.4, 0.5) is 0 Å². The van der Waals surface area contributed by atoms with Crippen molar-refractivity contribution in [2.24, 2.45) is 10.8 Å². The summed E-state index contributed by atoms with van der Waals surface area (Å²) in [6, 6.07) is 0. The van der Waals surface area contributed by atoms with Crippen molar-refractivity contribution in [1.82, 2.24) is 10.7 Å². The van der Waals surface area contributed by atoms with Crippen LogP contribution in [0.25, 0.3) is 0 Å². The second-order valence-corrected chi connectivity index (χ2v) is 1.78. The average Bonchev–Trinajstić information content (AvgIpc) is 2.05. The van der Waals surface area contributed by atoms with E-state index in [-0.39, 0.29) is 5.91 Å². The molecule has 0 unspecified atom stereocenters. The van der Waals surface area contributed by atoms with Gasteiger partial charge in [0.15, 0.2) is 0 Å². The number of carbonyl (C=O) groups is 1. The predicted octanol–water partition coefficient (Wildman–Crippen LogP) is -1.51. The highest BCUT2D eigenvalue weighted by atomic mass is 16.2. The number of hydrazine groups is 1. The second kappa shape index (κ2) is 2.98. The Kier molecular flexibility index (Phi) is 2.01. The van der Waals surface area contributed by atoms with E-state index < -0.39 is 0 Å². The Labute approximate surface area is 58.0 Å². The molecular weight excluding hydrogens is 132 g/mol. The molecule has 0 aromatic carbocycles. The molecule has 0 saturated carbocycles. The van der Waals surface area contributed by atoms with Crippen LogP contribution in [0.15, 0.2) is 16.8 Å². The first-order valence-electron chi connectivity index (χ1n) is 2.79. The Morgan fingerprint density at radius 1 is 1.90 bits per heavy atom. The summed E-state index contributed by atoms with van der Waals surface area (Å²) in [5, 5.41) is 2.68. The molecule has 5 nitrogen and oxygen atoms in total. The minimum Gasteiger partial charge on any atom is -0.352 e. The summed E-state index contributed by atoms with van der Waals surface area (Å²) in [5.74, 6) is 4.58. The number of carbonyl (C=O) groups excluding carboxylic acids is 1. The smallest absolute Gasteiger partial charge is 0.264 e. The molecule has 0 aromatic heterocycles. The van der Waals surface area contributed by atoms with Gasteiger partial charge in [0.1, 0.15) is 0 Å². The van der Waals surface area contributed by atoms with Gasteiger partial charge in [-0.2, -0.15) is 0 Å². The van der Waals surface area contributed by atoms with E-state index in [1.165, 1.54) is 6.34 Å². The lowest BCUT2D eigenvalue weighted by molar-refractivity contribution is -0.117. The van der Waals surface area contributed by atoms with Gasteiger partial charge in [-0.05, 0) is 0 Å². The van der Waals surface area contributed by atoms with Gasteiger partial charge in [-0.25, -0.2) is 5.84 Å². The monoisotopic (exact) mass is 140 g/mol. The zero-order valence-corrected chi connectivity index (χ0v) is 5.29. The van der Waals surface area contributed by atoms with Crippen LogP contribution in [0.5, 0.6) is 0 Å². The largest absolute Gasteiger partial charge is 0.352 e. The number of hydrogen-bond donors (Lipinski definition) is 3. The van der Waals surface area contributed by atoms with Gasteiger partial charge in [-0.1, -0.05) is 0 Å². The summed E-state index contributed by atoms with van der Waals surface area (Å²) < 4.78 is 0. The Balaban J connectivity index is 2.56. The highest BCUT2D eigenvalue weighted by Crippen LogP contribution is 1.94. The zero-order chi connectivity index (χ0) is 7.40. The minimum atomic E-state index is -0.302. The number of amides is 1. The van der Waals surface area contributed by atoms with Gasteiger partial charge in [0.05, 0.1) is 18.5 Å². The molecule has 0 bridgehead atoms. The fourth-order valence-corrected chi connectivity index (χ4v) is 0.610. The number of rotatable bonds is 1. The lowest BCUT2D eigenvalue weighted by Gasteiger charge is -2.05. The first-order chi connectivity index (χ1) is 4.84. The fraction of sp³-hybridized carbons (Fsp3) is 0.200. The van der Waals surface area contributed by atoms with Gasteiger partial charge >= 0.3 is 0 Å². The summed E-state index contributed by atoms with van der Waals surface area (Å²) in [6.45, 7) is 0.385. The second-order valence-electron chi connectivity index (χ2n) is 1.78.